The van der Waals surface area contributed by atoms with Gasteiger partial charge in [-0.3, -0.25) is 4.99 Å². The van der Waals surface area contributed by atoms with Crippen molar-refractivity contribution in [1.29, 1.82) is 0 Å². The second-order valence-corrected chi connectivity index (χ2v) is 1.98. The van der Waals surface area contributed by atoms with Gasteiger partial charge in [-0.2, -0.15) is 0 Å². The highest BCUT2D eigenvalue weighted by molar-refractivity contribution is 5.88. The van der Waals surface area contributed by atoms with E-state index in [4.69, 9.17) is 5.73 Å². The van der Waals surface area contributed by atoms with Gasteiger partial charge in [0.2, 0.25) is 0 Å². The van der Waals surface area contributed by atoms with E-state index in [2.05, 4.69) is 10.3 Å². The van der Waals surface area contributed by atoms with Gasteiger partial charge in [0.15, 0.2) is 0 Å². The molecule has 1 aliphatic heterocycles. The van der Waals surface area contributed by atoms with E-state index in [0.29, 0.717) is 0 Å². The van der Waals surface area contributed by atoms with Crippen molar-refractivity contribution in [3.8, 4) is 0 Å². The highest BCUT2D eigenvalue weighted by atomic mass is 15.1. The van der Waals surface area contributed by atoms with Crippen LogP contribution < -0.4 is 11.1 Å². The molecule has 0 aromatic heterocycles. The molecule has 3 heteroatoms. The lowest BCUT2D eigenvalue weighted by atomic mass is 10.3. The van der Waals surface area contributed by atoms with E-state index in [1.54, 1.807) is 0 Å². The minimum absolute atomic E-state index is 0.0810. The molecule has 3 nitrogen and oxygen atoms in total. The van der Waals surface area contributed by atoms with Crippen LogP contribution in [0.2, 0.25) is 0 Å². The molecular formula is C5H11N3. The predicted octanol–water partition coefficient (Wildman–Crippen LogP) is -0.665. The molecule has 46 valence electrons. The second-order valence-electron chi connectivity index (χ2n) is 1.98. The van der Waals surface area contributed by atoms with E-state index in [1.165, 1.54) is 0 Å². The first kappa shape index (κ1) is 5.56. The van der Waals surface area contributed by atoms with Crippen LogP contribution >= 0.6 is 0 Å². The van der Waals surface area contributed by atoms with E-state index in [0.717, 1.165) is 18.9 Å². The van der Waals surface area contributed by atoms with Crippen molar-refractivity contribution in [1.82, 2.24) is 5.32 Å². The van der Waals surface area contributed by atoms with Crippen LogP contribution in [0.15, 0.2) is 4.99 Å². The largest absolute Gasteiger partial charge is 0.371 e. The zero-order valence-electron chi connectivity index (χ0n) is 5.02. The average molecular weight is 113 g/mol. The third-order valence-electron chi connectivity index (χ3n) is 1.13. The molecule has 0 unspecified atom stereocenters. The van der Waals surface area contributed by atoms with E-state index in [-0.39, 0.29) is 6.04 Å². The van der Waals surface area contributed by atoms with Gasteiger partial charge in [-0.1, -0.05) is 0 Å². The molecule has 8 heavy (non-hydrogen) atoms. The second kappa shape index (κ2) is 2.13. The summed E-state index contributed by atoms with van der Waals surface area (Å²) in [5.74, 6) is 0.949. The molecule has 0 aromatic rings. The standard InChI is InChI=1S/C5H11N3/c1-4(6)5-7-2-3-8-5/h4H,2-3,6H2,1H3,(H,7,8)/t4-/m0/s1. The van der Waals surface area contributed by atoms with Gasteiger partial charge in [0.05, 0.1) is 12.6 Å². The van der Waals surface area contributed by atoms with Crippen molar-refractivity contribution in [2.45, 2.75) is 13.0 Å². The van der Waals surface area contributed by atoms with Crippen LogP contribution in [0.5, 0.6) is 0 Å². The molecule has 0 spiro atoms. The van der Waals surface area contributed by atoms with Crippen molar-refractivity contribution in [3.05, 3.63) is 0 Å². The Labute approximate surface area is 49.0 Å². The lowest BCUT2D eigenvalue weighted by Crippen LogP contribution is -2.35. The monoisotopic (exact) mass is 113 g/mol. The molecule has 0 fully saturated rings. The number of rotatable bonds is 1. The van der Waals surface area contributed by atoms with Crippen molar-refractivity contribution in [2.24, 2.45) is 10.7 Å². The smallest absolute Gasteiger partial charge is 0.113 e. The maximum absolute atomic E-state index is 5.50. The van der Waals surface area contributed by atoms with Crippen molar-refractivity contribution < 1.29 is 0 Å². The number of nitrogens with zero attached hydrogens (tertiary/aromatic N) is 1. The maximum Gasteiger partial charge on any atom is 0.113 e. The fraction of sp³-hybridized carbons (Fsp3) is 0.800. The normalized spacial score (nSPS) is 22.0. The summed E-state index contributed by atoms with van der Waals surface area (Å²) in [7, 11) is 0. The Morgan fingerprint density at radius 1 is 1.88 bits per heavy atom. The minimum Gasteiger partial charge on any atom is -0.371 e. The molecule has 1 atom stereocenters. The van der Waals surface area contributed by atoms with Gasteiger partial charge in [-0.15, -0.1) is 0 Å². The summed E-state index contributed by atoms with van der Waals surface area (Å²) in [5.41, 5.74) is 5.50. The fourth-order valence-electron chi connectivity index (χ4n) is 0.721. The first-order valence-corrected chi connectivity index (χ1v) is 2.84. The van der Waals surface area contributed by atoms with E-state index in [9.17, 15) is 0 Å². The third-order valence-corrected chi connectivity index (χ3v) is 1.13. The molecule has 0 radical (unpaired) electrons. The number of nitrogens with two attached hydrogens (primary N) is 1. The average Bonchev–Trinajstić information content (AvgIpc) is 2.12. The van der Waals surface area contributed by atoms with Crippen LogP contribution in [0.3, 0.4) is 0 Å². The van der Waals surface area contributed by atoms with Crippen LogP contribution in [0.4, 0.5) is 0 Å². The van der Waals surface area contributed by atoms with Gasteiger partial charge in [-0.05, 0) is 6.92 Å². The minimum atomic E-state index is 0.0810. The molecule has 1 heterocycles. The number of hydrogen-bond acceptors (Lipinski definition) is 3. The molecule has 1 aliphatic rings. The van der Waals surface area contributed by atoms with E-state index < -0.39 is 0 Å². The van der Waals surface area contributed by atoms with Crippen molar-refractivity contribution in [3.63, 3.8) is 0 Å². The molecule has 0 bridgehead atoms. The zero-order valence-corrected chi connectivity index (χ0v) is 5.02. The predicted molar refractivity (Wildman–Crippen MR) is 34.0 cm³/mol. The maximum atomic E-state index is 5.50. The molecule has 0 saturated carbocycles. The Kier molecular flexibility index (Phi) is 1.48. The van der Waals surface area contributed by atoms with Crippen LogP contribution in [-0.4, -0.2) is 25.0 Å². The fourth-order valence-corrected chi connectivity index (χ4v) is 0.721. The topological polar surface area (TPSA) is 50.4 Å². The van der Waals surface area contributed by atoms with E-state index >= 15 is 0 Å². The molecule has 0 saturated heterocycles. The van der Waals surface area contributed by atoms with Gasteiger partial charge in [0.1, 0.15) is 5.84 Å². The zero-order chi connectivity index (χ0) is 5.98. The quantitative estimate of drug-likeness (QED) is 0.474. The summed E-state index contributed by atoms with van der Waals surface area (Å²) in [6.07, 6.45) is 0. The number of hydrogen-bond donors (Lipinski definition) is 2. The molecule has 0 aromatic carbocycles. The summed E-state index contributed by atoms with van der Waals surface area (Å²) < 4.78 is 0. The summed E-state index contributed by atoms with van der Waals surface area (Å²) in [4.78, 5) is 4.12. The Morgan fingerprint density at radius 3 is 2.88 bits per heavy atom. The van der Waals surface area contributed by atoms with Gasteiger partial charge < -0.3 is 11.1 Å². The molecule has 0 aliphatic carbocycles. The lowest BCUT2D eigenvalue weighted by Gasteiger charge is -2.03. The first-order chi connectivity index (χ1) is 3.80. The van der Waals surface area contributed by atoms with Crippen molar-refractivity contribution >= 4 is 5.84 Å². The first-order valence-electron chi connectivity index (χ1n) is 2.84. The third kappa shape index (κ3) is 0.980. The highest BCUT2D eigenvalue weighted by Crippen LogP contribution is 1.87. The molecule has 1 rings (SSSR count). The summed E-state index contributed by atoms with van der Waals surface area (Å²) in [5, 5.41) is 3.08. The van der Waals surface area contributed by atoms with Gasteiger partial charge in [-0.25, -0.2) is 0 Å². The van der Waals surface area contributed by atoms with Crippen LogP contribution in [0.25, 0.3) is 0 Å². The van der Waals surface area contributed by atoms with Gasteiger partial charge >= 0.3 is 0 Å². The number of nitrogens with one attached hydrogen (secondary N) is 1. The molecular weight excluding hydrogens is 102 g/mol. The highest BCUT2D eigenvalue weighted by Gasteiger charge is 2.07. The molecule has 0 amide bonds. The molecule has 3 N–H and O–H groups in total. The summed E-state index contributed by atoms with van der Waals surface area (Å²) in [6.45, 7) is 3.77. The Balaban J connectivity index is 2.45. The Bertz CT molecular complexity index is 106. The van der Waals surface area contributed by atoms with Crippen LogP contribution in [-0.2, 0) is 0 Å². The Morgan fingerprint density at radius 2 is 2.62 bits per heavy atom. The number of aliphatic imine (C=N–C) groups is 1. The summed E-state index contributed by atoms with van der Waals surface area (Å²) >= 11 is 0. The summed E-state index contributed by atoms with van der Waals surface area (Å²) in [6, 6.07) is 0.0810. The van der Waals surface area contributed by atoms with Crippen LogP contribution in [0, 0.1) is 0 Å². The van der Waals surface area contributed by atoms with Crippen LogP contribution in [0.1, 0.15) is 6.92 Å². The number of amidine groups is 1. The lowest BCUT2D eigenvalue weighted by molar-refractivity contribution is 0.902. The SMILES string of the molecule is C[C@H](N)C1=NCCN1. The Hall–Kier alpha value is -0.570. The van der Waals surface area contributed by atoms with Gasteiger partial charge in [0, 0.05) is 6.54 Å². The van der Waals surface area contributed by atoms with Gasteiger partial charge in [0.25, 0.3) is 0 Å². The van der Waals surface area contributed by atoms with E-state index in [1.807, 2.05) is 6.92 Å². The van der Waals surface area contributed by atoms with Crippen molar-refractivity contribution in [2.75, 3.05) is 13.1 Å².